The third-order valence-corrected chi connectivity index (χ3v) is 5.89. The maximum absolute atomic E-state index is 13.4. The van der Waals surface area contributed by atoms with Crippen LogP contribution in [-0.4, -0.2) is 21.9 Å². The Kier molecular flexibility index (Phi) is 6.50. The van der Waals surface area contributed by atoms with E-state index in [4.69, 9.17) is 4.74 Å². The fourth-order valence-corrected chi connectivity index (χ4v) is 4.38. The molecule has 3 aromatic carbocycles. The Morgan fingerprint density at radius 2 is 1.56 bits per heavy atom. The SMILES string of the molecule is COc1ccccc1-n1c(Cc2ccccc2)nnc1SCc1ccccc1C(F)(F)F. The Morgan fingerprint density at radius 1 is 0.875 bits per heavy atom. The van der Waals surface area contributed by atoms with Crippen molar-refractivity contribution in [2.75, 3.05) is 7.11 Å². The predicted octanol–water partition coefficient (Wildman–Crippen LogP) is 6.18. The van der Waals surface area contributed by atoms with Crippen LogP contribution in [0.25, 0.3) is 5.69 Å². The van der Waals surface area contributed by atoms with Crippen LogP contribution in [-0.2, 0) is 18.3 Å². The molecule has 1 heterocycles. The van der Waals surface area contributed by atoms with Crippen molar-refractivity contribution in [3.63, 3.8) is 0 Å². The standard InChI is InChI=1S/C24H20F3N3OS/c1-31-21-14-8-7-13-20(21)30-22(15-17-9-3-2-4-10-17)28-29-23(30)32-16-18-11-5-6-12-19(18)24(25,26)27/h2-14H,15-16H2,1H3. The summed E-state index contributed by atoms with van der Waals surface area (Å²) >= 11 is 1.21. The van der Waals surface area contributed by atoms with E-state index < -0.39 is 11.7 Å². The van der Waals surface area contributed by atoms with Crippen LogP contribution < -0.4 is 4.74 Å². The Bertz CT molecular complexity index is 1190. The number of para-hydroxylation sites is 2. The van der Waals surface area contributed by atoms with Crippen molar-refractivity contribution in [1.82, 2.24) is 14.8 Å². The molecule has 0 fully saturated rings. The fourth-order valence-electron chi connectivity index (χ4n) is 3.41. The first-order valence-corrected chi connectivity index (χ1v) is 10.9. The van der Waals surface area contributed by atoms with Crippen molar-refractivity contribution in [1.29, 1.82) is 0 Å². The summed E-state index contributed by atoms with van der Waals surface area (Å²) < 4.78 is 47.6. The molecule has 0 saturated carbocycles. The van der Waals surface area contributed by atoms with E-state index in [0.29, 0.717) is 23.2 Å². The zero-order chi connectivity index (χ0) is 22.6. The van der Waals surface area contributed by atoms with Gasteiger partial charge in [-0.2, -0.15) is 13.2 Å². The van der Waals surface area contributed by atoms with E-state index >= 15 is 0 Å². The van der Waals surface area contributed by atoms with E-state index in [2.05, 4.69) is 10.2 Å². The lowest BCUT2D eigenvalue weighted by Crippen LogP contribution is -2.09. The normalized spacial score (nSPS) is 11.5. The number of rotatable bonds is 7. The molecule has 0 unspecified atom stereocenters. The van der Waals surface area contributed by atoms with E-state index in [9.17, 15) is 13.2 Å². The number of ether oxygens (including phenoxy) is 1. The molecule has 0 radical (unpaired) electrons. The van der Waals surface area contributed by atoms with Gasteiger partial charge in [-0.1, -0.05) is 72.4 Å². The summed E-state index contributed by atoms with van der Waals surface area (Å²) in [6.07, 6.45) is -3.89. The van der Waals surface area contributed by atoms with Crippen LogP contribution in [0, 0.1) is 0 Å². The number of hydrogen-bond donors (Lipinski definition) is 0. The molecule has 1 aromatic heterocycles. The van der Waals surface area contributed by atoms with Gasteiger partial charge in [-0.05, 0) is 29.3 Å². The number of thioether (sulfide) groups is 1. The van der Waals surface area contributed by atoms with Gasteiger partial charge in [0.05, 0.1) is 18.4 Å². The molecule has 0 amide bonds. The highest BCUT2D eigenvalue weighted by molar-refractivity contribution is 7.98. The minimum absolute atomic E-state index is 0.105. The van der Waals surface area contributed by atoms with Gasteiger partial charge in [-0.3, -0.25) is 4.57 Å². The Balaban J connectivity index is 1.72. The summed E-state index contributed by atoms with van der Waals surface area (Å²) in [5.74, 6) is 1.40. The summed E-state index contributed by atoms with van der Waals surface area (Å²) in [6.45, 7) is 0. The highest BCUT2D eigenvalue weighted by Gasteiger charge is 2.33. The molecule has 164 valence electrons. The maximum atomic E-state index is 13.4. The van der Waals surface area contributed by atoms with Gasteiger partial charge in [0, 0.05) is 12.2 Å². The lowest BCUT2D eigenvalue weighted by molar-refractivity contribution is -0.138. The Morgan fingerprint density at radius 3 is 2.31 bits per heavy atom. The Hall–Kier alpha value is -3.26. The summed E-state index contributed by atoms with van der Waals surface area (Å²) in [6, 6.07) is 22.9. The lowest BCUT2D eigenvalue weighted by atomic mass is 10.1. The molecule has 0 N–H and O–H groups in total. The largest absolute Gasteiger partial charge is 0.495 e. The second-order valence-corrected chi connectivity index (χ2v) is 7.95. The number of hydrogen-bond acceptors (Lipinski definition) is 4. The second-order valence-electron chi connectivity index (χ2n) is 7.01. The minimum atomic E-state index is -4.41. The van der Waals surface area contributed by atoms with Gasteiger partial charge in [-0.25, -0.2) is 0 Å². The van der Waals surface area contributed by atoms with Gasteiger partial charge in [0.1, 0.15) is 11.6 Å². The second kappa shape index (κ2) is 9.48. The molecular formula is C24H20F3N3OS. The summed E-state index contributed by atoms with van der Waals surface area (Å²) in [5, 5.41) is 9.17. The number of benzene rings is 3. The summed E-state index contributed by atoms with van der Waals surface area (Å²) in [5.41, 5.74) is 1.34. The van der Waals surface area contributed by atoms with Crippen LogP contribution in [0.1, 0.15) is 22.5 Å². The molecule has 8 heteroatoms. The van der Waals surface area contributed by atoms with Crippen LogP contribution >= 0.6 is 11.8 Å². The zero-order valence-corrected chi connectivity index (χ0v) is 18.0. The number of nitrogens with zero attached hydrogens (tertiary/aromatic N) is 3. The van der Waals surface area contributed by atoms with E-state index in [1.165, 1.54) is 23.9 Å². The molecule has 0 aliphatic carbocycles. The van der Waals surface area contributed by atoms with Gasteiger partial charge in [-0.15, -0.1) is 10.2 Å². The molecule has 0 bridgehead atoms. The summed E-state index contributed by atoms with van der Waals surface area (Å²) in [4.78, 5) is 0. The molecule has 4 nitrogen and oxygen atoms in total. The zero-order valence-electron chi connectivity index (χ0n) is 17.2. The van der Waals surface area contributed by atoms with Crippen LogP contribution in [0.5, 0.6) is 5.75 Å². The molecule has 0 aliphatic rings. The smallest absolute Gasteiger partial charge is 0.416 e. The van der Waals surface area contributed by atoms with Crippen LogP contribution in [0.4, 0.5) is 13.2 Å². The number of alkyl halides is 3. The van der Waals surface area contributed by atoms with E-state index in [-0.39, 0.29) is 11.3 Å². The first-order valence-electron chi connectivity index (χ1n) is 9.87. The third kappa shape index (κ3) is 4.80. The van der Waals surface area contributed by atoms with Gasteiger partial charge in [0.15, 0.2) is 5.16 Å². The molecule has 0 atom stereocenters. The monoisotopic (exact) mass is 455 g/mol. The van der Waals surface area contributed by atoms with E-state index in [1.54, 1.807) is 13.2 Å². The summed E-state index contributed by atoms with van der Waals surface area (Å²) in [7, 11) is 1.58. The molecule has 4 aromatic rings. The quantitative estimate of drug-likeness (QED) is 0.312. The van der Waals surface area contributed by atoms with Crippen molar-refractivity contribution in [2.24, 2.45) is 0 Å². The lowest BCUT2D eigenvalue weighted by Gasteiger charge is -2.15. The number of aromatic nitrogens is 3. The molecule has 0 saturated heterocycles. The number of halogens is 3. The first-order chi connectivity index (χ1) is 15.5. The highest BCUT2D eigenvalue weighted by atomic mass is 32.2. The van der Waals surface area contributed by atoms with Gasteiger partial charge in [0.25, 0.3) is 0 Å². The van der Waals surface area contributed by atoms with Crippen molar-refractivity contribution in [2.45, 2.75) is 23.5 Å². The Labute approximate surface area is 188 Å². The van der Waals surface area contributed by atoms with Gasteiger partial charge >= 0.3 is 6.18 Å². The predicted molar refractivity (Wildman–Crippen MR) is 118 cm³/mol. The molecule has 32 heavy (non-hydrogen) atoms. The van der Waals surface area contributed by atoms with Crippen molar-refractivity contribution < 1.29 is 17.9 Å². The van der Waals surface area contributed by atoms with Gasteiger partial charge in [0.2, 0.25) is 0 Å². The van der Waals surface area contributed by atoms with Crippen LogP contribution in [0.2, 0.25) is 0 Å². The minimum Gasteiger partial charge on any atom is -0.495 e. The van der Waals surface area contributed by atoms with Crippen LogP contribution in [0.15, 0.2) is 84.0 Å². The molecule has 4 rings (SSSR count). The van der Waals surface area contributed by atoms with E-state index in [0.717, 1.165) is 17.3 Å². The topological polar surface area (TPSA) is 39.9 Å². The van der Waals surface area contributed by atoms with Crippen molar-refractivity contribution in [3.05, 3.63) is 101 Å². The molecular weight excluding hydrogens is 435 g/mol. The van der Waals surface area contributed by atoms with Gasteiger partial charge < -0.3 is 4.74 Å². The van der Waals surface area contributed by atoms with E-state index in [1.807, 2.05) is 59.2 Å². The average molecular weight is 456 g/mol. The molecule has 0 spiro atoms. The maximum Gasteiger partial charge on any atom is 0.416 e. The third-order valence-electron chi connectivity index (χ3n) is 4.91. The van der Waals surface area contributed by atoms with Crippen LogP contribution in [0.3, 0.4) is 0 Å². The first kappa shape index (κ1) is 22.0. The average Bonchev–Trinajstić information content (AvgIpc) is 3.20. The fraction of sp³-hybridized carbons (Fsp3) is 0.167. The molecule has 0 aliphatic heterocycles. The van der Waals surface area contributed by atoms with Crippen molar-refractivity contribution >= 4 is 11.8 Å². The highest BCUT2D eigenvalue weighted by Crippen LogP contribution is 2.36. The van der Waals surface area contributed by atoms with Crippen molar-refractivity contribution in [3.8, 4) is 11.4 Å². The number of methoxy groups -OCH3 is 1.